The third-order valence-corrected chi connectivity index (χ3v) is 3.68. The van der Waals surface area contributed by atoms with Crippen LogP contribution in [0.2, 0.25) is 0 Å². The monoisotopic (exact) mass is 310 g/mol. The summed E-state index contributed by atoms with van der Waals surface area (Å²) in [4.78, 5) is 16.0. The normalized spacial score (nSPS) is 14.7. The molecule has 0 aromatic heterocycles. The van der Waals surface area contributed by atoms with Gasteiger partial charge in [-0.1, -0.05) is 19.4 Å². The number of carbonyl (C=O) groups is 1. The van der Waals surface area contributed by atoms with Crippen molar-refractivity contribution in [2.75, 3.05) is 6.61 Å². The highest BCUT2D eigenvalue weighted by molar-refractivity contribution is 5.87. The lowest BCUT2D eigenvalue weighted by Crippen LogP contribution is -2.03. The topological polar surface area (TPSA) is 32.3 Å². The first kappa shape index (κ1) is 15.4. The van der Waals surface area contributed by atoms with Crippen LogP contribution in [0.3, 0.4) is 0 Å². The van der Waals surface area contributed by atoms with Gasteiger partial charge in [-0.15, -0.1) is 0 Å². The van der Waals surface area contributed by atoms with Crippen molar-refractivity contribution in [2.45, 2.75) is 32.9 Å². The smallest absolute Gasteiger partial charge is 0.330 e. The molecule has 4 heteroatoms. The number of carbonyl (C=O) groups excluding carboxylic acids is 1. The zero-order valence-electron chi connectivity index (χ0n) is 13.4. The van der Waals surface area contributed by atoms with Crippen LogP contribution >= 0.6 is 0 Å². The van der Waals surface area contributed by atoms with Gasteiger partial charge in [0.1, 0.15) is 0 Å². The van der Waals surface area contributed by atoms with Crippen LogP contribution in [-0.2, 0) is 22.6 Å². The molecule has 2 aliphatic heterocycles. The van der Waals surface area contributed by atoms with Crippen LogP contribution < -0.4 is 0 Å². The van der Waals surface area contributed by atoms with Crippen LogP contribution in [0.15, 0.2) is 49.1 Å². The molecule has 0 amide bonds. The highest BCUT2D eigenvalue weighted by Crippen LogP contribution is 2.21. The lowest BCUT2D eigenvalue weighted by atomic mass is 10.0. The number of nitrogens with zero attached hydrogens (tertiary/aromatic N) is 2. The summed E-state index contributed by atoms with van der Waals surface area (Å²) in [5, 5.41) is 0. The van der Waals surface area contributed by atoms with E-state index in [1.54, 1.807) is 0 Å². The van der Waals surface area contributed by atoms with E-state index in [0.29, 0.717) is 6.61 Å². The number of unbranched alkanes of at least 4 members (excludes halogenated alkanes) is 1. The van der Waals surface area contributed by atoms with Crippen molar-refractivity contribution in [1.82, 2.24) is 9.80 Å². The lowest BCUT2D eigenvalue weighted by molar-refractivity contribution is -0.137. The van der Waals surface area contributed by atoms with Crippen LogP contribution in [0, 0.1) is 0 Å². The highest BCUT2D eigenvalue weighted by Gasteiger charge is 2.11. The fraction of sp³-hybridized carbons (Fsp3) is 0.316. The minimum absolute atomic E-state index is 0.273. The minimum atomic E-state index is -0.273. The molecule has 0 unspecified atom stereocenters. The number of benzene rings is 1. The summed E-state index contributed by atoms with van der Waals surface area (Å²) in [5.41, 5.74) is 3.52. The first-order chi connectivity index (χ1) is 11.2. The second-order valence-electron chi connectivity index (χ2n) is 5.88. The minimum Gasteiger partial charge on any atom is -0.463 e. The summed E-state index contributed by atoms with van der Waals surface area (Å²) >= 11 is 0. The number of rotatable bonds is 9. The van der Waals surface area contributed by atoms with E-state index in [-0.39, 0.29) is 5.97 Å². The molecule has 2 heterocycles. The molecule has 120 valence electrons. The number of ether oxygens (including phenoxy) is 1. The van der Waals surface area contributed by atoms with Crippen LogP contribution in [0.4, 0.5) is 0 Å². The van der Waals surface area contributed by atoms with Gasteiger partial charge in [-0.3, -0.25) is 0 Å². The van der Waals surface area contributed by atoms with Gasteiger partial charge in [-0.2, -0.15) is 0 Å². The molecular weight excluding hydrogens is 288 g/mol. The van der Waals surface area contributed by atoms with Gasteiger partial charge in [0.2, 0.25) is 0 Å². The summed E-state index contributed by atoms with van der Waals surface area (Å²) in [6.07, 6.45) is 13.5. The van der Waals surface area contributed by atoms with E-state index in [0.717, 1.165) is 31.5 Å². The summed E-state index contributed by atoms with van der Waals surface area (Å²) in [5.74, 6) is -0.273. The molecule has 1 aromatic carbocycles. The van der Waals surface area contributed by atoms with Crippen molar-refractivity contribution < 1.29 is 9.53 Å². The second-order valence-corrected chi connectivity index (χ2v) is 5.88. The Balaban J connectivity index is 1.64. The Kier molecular flexibility index (Phi) is 4.81. The van der Waals surface area contributed by atoms with Crippen molar-refractivity contribution in [2.24, 2.45) is 0 Å². The largest absolute Gasteiger partial charge is 0.463 e. The Morgan fingerprint density at radius 1 is 1.04 bits per heavy atom. The molecule has 23 heavy (non-hydrogen) atoms. The summed E-state index contributed by atoms with van der Waals surface area (Å²) in [6.45, 7) is 4.32. The van der Waals surface area contributed by atoms with Crippen LogP contribution in [0.25, 0.3) is 6.08 Å². The van der Waals surface area contributed by atoms with E-state index in [2.05, 4.69) is 59.7 Å². The molecule has 0 spiro atoms. The van der Waals surface area contributed by atoms with E-state index in [9.17, 15) is 4.79 Å². The third kappa shape index (κ3) is 5.33. The summed E-state index contributed by atoms with van der Waals surface area (Å²) < 4.78 is 5.15. The maximum atomic E-state index is 11.7. The average molecular weight is 310 g/mol. The predicted octanol–water partition coefficient (Wildman–Crippen LogP) is 3.62. The Morgan fingerprint density at radius 2 is 1.65 bits per heavy atom. The van der Waals surface area contributed by atoms with Gasteiger partial charge in [-0.25, -0.2) is 4.79 Å². The van der Waals surface area contributed by atoms with Crippen molar-refractivity contribution >= 4 is 12.0 Å². The van der Waals surface area contributed by atoms with Crippen molar-refractivity contribution in [1.29, 1.82) is 0 Å². The molecule has 3 rings (SSSR count). The number of hydrogen-bond donors (Lipinski definition) is 0. The number of esters is 1. The van der Waals surface area contributed by atoms with Crippen molar-refractivity contribution in [3.8, 4) is 0 Å². The van der Waals surface area contributed by atoms with Gasteiger partial charge in [0.15, 0.2) is 0 Å². The molecule has 0 aliphatic carbocycles. The maximum Gasteiger partial charge on any atom is 0.330 e. The molecule has 0 fully saturated rings. The third-order valence-electron chi connectivity index (χ3n) is 3.68. The fourth-order valence-corrected chi connectivity index (χ4v) is 2.33. The Morgan fingerprint density at radius 3 is 2.17 bits per heavy atom. The number of hydrogen-bond acceptors (Lipinski definition) is 4. The van der Waals surface area contributed by atoms with E-state index >= 15 is 0 Å². The zero-order chi connectivity index (χ0) is 16.1. The van der Waals surface area contributed by atoms with Gasteiger partial charge in [0, 0.05) is 44.0 Å². The molecule has 1 aromatic rings. The molecule has 0 atom stereocenters. The zero-order valence-corrected chi connectivity index (χ0v) is 13.4. The Labute approximate surface area is 137 Å². The maximum absolute atomic E-state index is 11.7. The second kappa shape index (κ2) is 7.18. The Hall–Kier alpha value is -2.49. The van der Waals surface area contributed by atoms with Crippen molar-refractivity contribution in [3.63, 3.8) is 0 Å². The SMILES string of the molecule is CCCCOC(=O)/C=C/c1cc(CN2C=C2)cc(CN2C=C2)c1. The first-order valence-electron chi connectivity index (χ1n) is 8.09. The molecule has 0 saturated heterocycles. The molecule has 0 bridgehead atoms. The standard InChI is InChI=1S/C19H22N2O2/c1-2-3-10-23-19(22)5-4-16-11-17(14-20-6-7-20)13-18(12-16)15-21-8-9-21/h4-9,11-13H,2-3,10,14-15H2,1H3/b5-4+. The van der Waals surface area contributed by atoms with E-state index < -0.39 is 0 Å². The first-order valence-corrected chi connectivity index (χ1v) is 8.09. The Bertz CT molecular complexity index is 611. The molecule has 0 radical (unpaired) electrons. The van der Waals surface area contributed by atoms with Gasteiger partial charge in [0.25, 0.3) is 0 Å². The van der Waals surface area contributed by atoms with Gasteiger partial charge >= 0.3 is 5.97 Å². The fourth-order valence-electron chi connectivity index (χ4n) is 2.33. The average Bonchev–Trinajstić information content (AvgIpc) is 3.42. The van der Waals surface area contributed by atoms with E-state index in [1.165, 1.54) is 17.2 Å². The van der Waals surface area contributed by atoms with Crippen LogP contribution in [-0.4, -0.2) is 22.4 Å². The molecule has 4 nitrogen and oxygen atoms in total. The van der Waals surface area contributed by atoms with Crippen LogP contribution in [0.5, 0.6) is 0 Å². The highest BCUT2D eigenvalue weighted by atomic mass is 16.5. The van der Waals surface area contributed by atoms with E-state index in [1.807, 2.05) is 6.08 Å². The van der Waals surface area contributed by atoms with Gasteiger partial charge in [-0.05, 0) is 41.3 Å². The summed E-state index contributed by atoms with van der Waals surface area (Å²) in [7, 11) is 0. The molecule has 0 saturated carbocycles. The molecule has 2 aliphatic rings. The van der Waals surface area contributed by atoms with Gasteiger partial charge < -0.3 is 14.5 Å². The van der Waals surface area contributed by atoms with E-state index in [4.69, 9.17) is 4.74 Å². The summed E-state index contributed by atoms with van der Waals surface area (Å²) in [6, 6.07) is 6.46. The van der Waals surface area contributed by atoms with Crippen LogP contribution in [0.1, 0.15) is 36.5 Å². The molecular formula is C19H22N2O2. The van der Waals surface area contributed by atoms with Gasteiger partial charge in [0.05, 0.1) is 6.61 Å². The quantitative estimate of drug-likeness (QED) is 0.396. The predicted molar refractivity (Wildman–Crippen MR) is 90.7 cm³/mol. The molecule has 0 N–H and O–H groups in total. The lowest BCUT2D eigenvalue weighted by Gasteiger charge is -2.10. The van der Waals surface area contributed by atoms with Crippen molar-refractivity contribution in [3.05, 3.63) is 65.8 Å².